The summed E-state index contributed by atoms with van der Waals surface area (Å²) in [5.74, 6) is -0.674. The van der Waals surface area contributed by atoms with Gasteiger partial charge in [-0.2, -0.15) is 18.3 Å². The molecule has 0 fully saturated rings. The van der Waals surface area contributed by atoms with Crippen LogP contribution in [0.2, 0.25) is 5.02 Å². The Morgan fingerprint density at radius 1 is 1.12 bits per heavy atom. The second-order valence-corrected chi connectivity index (χ2v) is 8.74. The van der Waals surface area contributed by atoms with Crippen molar-refractivity contribution in [3.05, 3.63) is 64.2 Å². The van der Waals surface area contributed by atoms with Crippen LogP contribution in [0.1, 0.15) is 23.1 Å². The molecule has 1 aliphatic rings. The number of hydrogen-bond donors (Lipinski definition) is 2. The van der Waals surface area contributed by atoms with E-state index in [1.165, 1.54) is 12.4 Å². The standard InChI is InChI=1S/C23H18ClF4N5O/c24-19-16(23(26,27)28)8-14(9-17(19)34)20-18-21(29)30-10-31-22(18)33(32-20)4-3-11-5-12-1-2-15(25)7-13(12)6-11/h1-2,7-11,34H,3-6H2,(H2,29,30,31). The molecule has 2 aromatic carbocycles. The van der Waals surface area contributed by atoms with Gasteiger partial charge in [-0.3, -0.25) is 0 Å². The van der Waals surface area contributed by atoms with E-state index in [0.29, 0.717) is 18.6 Å². The van der Waals surface area contributed by atoms with Gasteiger partial charge in [0.05, 0.1) is 16.0 Å². The molecule has 5 rings (SSSR count). The average molecular weight is 492 g/mol. The van der Waals surface area contributed by atoms with E-state index in [0.717, 1.165) is 36.1 Å². The molecule has 1 aliphatic carbocycles. The molecule has 2 aromatic heterocycles. The van der Waals surface area contributed by atoms with Gasteiger partial charge < -0.3 is 10.8 Å². The number of phenolic OH excluding ortho intramolecular Hbond substituents is 1. The summed E-state index contributed by atoms with van der Waals surface area (Å²) >= 11 is 5.69. The number of nitrogen functional groups attached to an aromatic ring is 1. The number of phenols is 1. The number of aromatic hydroxyl groups is 1. The molecule has 34 heavy (non-hydrogen) atoms. The minimum atomic E-state index is -4.78. The van der Waals surface area contributed by atoms with Gasteiger partial charge in [0.25, 0.3) is 0 Å². The van der Waals surface area contributed by atoms with Crippen molar-refractivity contribution in [1.82, 2.24) is 19.7 Å². The molecule has 0 radical (unpaired) electrons. The lowest BCUT2D eigenvalue weighted by Crippen LogP contribution is -2.08. The van der Waals surface area contributed by atoms with Gasteiger partial charge in [0.1, 0.15) is 29.4 Å². The molecule has 4 aromatic rings. The van der Waals surface area contributed by atoms with Crippen LogP contribution in [-0.2, 0) is 25.6 Å². The van der Waals surface area contributed by atoms with Crippen LogP contribution in [0.4, 0.5) is 23.4 Å². The van der Waals surface area contributed by atoms with E-state index in [-0.39, 0.29) is 34.2 Å². The van der Waals surface area contributed by atoms with Crippen molar-refractivity contribution < 1.29 is 22.7 Å². The van der Waals surface area contributed by atoms with Crippen molar-refractivity contribution in [2.75, 3.05) is 5.73 Å². The highest BCUT2D eigenvalue weighted by atomic mass is 35.5. The summed E-state index contributed by atoms with van der Waals surface area (Å²) < 4.78 is 55.5. The highest BCUT2D eigenvalue weighted by molar-refractivity contribution is 6.33. The first-order valence-corrected chi connectivity index (χ1v) is 10.8. The van der Waals surface area contributed by atoms with Crippen LogP contribution in [0.3, 0.4) is 0 Å². The maximum atomic E-state index is 13.5. The largest absolute Gasteiger partial charge is 0.506 e. The van der Waals surface area contributed by atoms with Crippen LogP contribution in [0.15, 0.2) is 36.7 Å². The summed E-state index contributed by atoms with van der Waals surface area (Å²) in [5.41, 5.74) is 7.42. The van der Waals surface area contributed by atoms with E-state index in [1.54, 1.807) is 16.8 Å². The van der Waals surface area contributed by atoms with Crippen LogP contribution < -0.4 is 5.73 Å². The van der Waals surface area contributed by atoms with E-state index >= 15 is 0 Å². The summed E-state index contributed by atoms with van der Waals surface area (Å²) in [7, 11) is 0. The number of alkyl halides is 3. The van der Waals surface area contributed by atoms with Gasteiger partial charge in [-0.1, -0.05) is 17.7 Å². The monoisotopic (exact) mass is 491 g/mol. The van der Waals surface area contributed by atoms with Crippen molar-refractivity contribution >= 4 is 28.5 Å². The number of aromatic nitrogens is 4. The molecule has 0 bridgehead atoms. The number of anilines is 1. The lowest BCUT2D eigenvalue weighted by molar-refractivity contribution is -0.137. The minimum absolute atomic E-state index is 0.0109. The van der Waals surface area contributed by atoms with Crippen LogP contribution in [-0.4, -0.2) is 24.9 Å². The average Bonchev–Trinajstić information content (AvgIpc) is 3.34. The Bertz CT molecular complexity index is 1420. The van der Waals surface area contributed by atoms with E-state index < -0.39 is 22.5 Å². The molecule has 0 amide bonds. The lowest BCUT2D eigenvalue weighted by Gasteiger charge is -2.12. The van der Waals surface area contributed by atoms with Gasteiger partial charge in [0.2, 0.25) is 0 Å². The minimum Gasteiger partial charge on any atom is -0.506 e. The Kier molecular flexibility index (Phi) is 5.35. The Morgan fingerprint density at radius 2 is 1.88 bits per heavy atom. The fourth-order valence-electron chi connectivity index (χ4n) is 4.53. The van der Waals surface area contributed by atoms with Crippen molar-refractivity contribution in [2.24, 2.45) is 5.92 Å². The van der Waals surface area contributed by atoms with E-state index in [2.05, 4.69) is 15.1 Å². The Morgan fingerprint density at radius 3 is 2.65 bits per heavy atom. The predicted molar refractivity (Wildman–Crippen MR) is 119 cm³/mol. The molecule has 176 valence electrons. The van der Waals surface area contributed by atoms with Crippen molar-refractivity contribution in [3.8, 4) is 17.0 Å². The van der Waals surface area contributed by atoms with Crippen molar-refractivity contribution in [2.45, 2.75) is 32.0 Å². The summed E-state index contributed by atoms with van der Waals surface area (Å²) in [6, 6.07) is 6.73. The number of fused-ring (bicyclic) bond motifs is 2. The van der Waals surface area contributed by atoms with E-state index in [4.69, 9.17) is 17.3 Å². The third kappa shape index (κ3) is 3.91. The van der Waals surface area contributed by atoms with Crippen molar-refractivity contribution in [1.29, 1.82) is 0 Å². The van der Waals surface area contributed by atoms with Gasteiger partial charge in [-0.05, 0) is 60.6 Å². The highest BCUT2D eigenvalue weighted by Gasteiger charge is 2.35. The predicted octanol–water partition coefficient (Wildman–Crippen LogP) is 5.40. The molecular formula is C23H18ClF4N5O. The van der Waals surface area contributed by atoms with Crippen LogP contribution in [0.25, 0.3) is 22.3 Å². The van der Waals surface area contributed by atoms with Crippen LogP contribution >= 0.6 is 11.6 Å². The number of benzene rings is 2. The molecular weight excluding hydrogens is 474 g/mol. The summed E-state index contributed by atoms with van der Waals surface area (Å²) in [6.07, 6.45) is -1.29. The molecule has 0 spiro atoms. The first kappa shape index (κ1) is 22.4. The summed E-state index contributed by atoms with van der Waals surface area (Å²) in [4.78, 5) is 8.20. The van der Waals surface area contributed by atoms with Crippen molar-refractivity contribution in [3.63, 3.8) is 0 Å². The maximum Gasteiger partial charge on any atom is 0.418 e. The molecule has 1 atom stereocenters. The number of halogens is 5. The molecule has 1 unspecified atom stereocenters. The molecule has 6 nitrogen and oxygen atoms in total. The number of rotatable bonds is 4. The summed E-state index contributed by atoms with van der Waals surface area (Å²) in [6.45, 7) is 0.416. The van der Waals surface area contributed by atoms with E-state index in [1.807, 2.05) is 0 Å². The maximum absolute atomic E-state index is 13.5. The van der Waals surface area contributed by atoms with Gasteiger partial charge in [0, 0.05) is 12.1 Å². The third-order valence-corrected chi connectivity index (χ3v) is 6.52. The second-order valence-electron chi connectivity index (χ2n) is 8.36. The normalized spacial score (nSPS) is 15.7. The quantitative estimate of drug-likeness (QED) is 0.373. The first-order valence-electron chi connectivity index (χ1n) is 10.5. The molecule has 0 aliphatic heterocycles. The molecule has 0 saturated heterocycles. The van der Waals surface area contributed by atoms with Gasteiger partial charge in [-0.25, -0.2) is 19.0 Å². The van der Waals surface area contributed by atoms with Crippen LogP contribution in [0, 0.1) is 11.7 Å². The SMILES string of the molecule is Nc1ncnc2c1c(-c1cc(O)c(Cl)c(C(F)(F)F)c1)nn2CCC1Cc2ccc(F)cc2C1. The Labute approximate surface area is 196 Å². The highest BCUT2D eigenvalue weighted by Crippen LogP contribution is 2.43. The molecule has 11 heteroatoms. The molecule has 3 N–H and O–H groups in total. The zero-order valence-electron chi connectivity index (χ0n) is 17.6. The topological polar surface area (TPSA) is 89.8 Å². The zero-order chi connectivity index (χ0) is 24.2. The third-order valence-electron chi connectivity index (χ3n) is 6.13. The van der Waals surface area contributed by atoms with E-state index in [9.17, 15) is 22.7 Å². The fourth-order valence-corrected chi connectivity index (χ4v) is 4.74. The number of nitrogens with two attached hydrogens (primary N) is 1. The van der Waals surface area contributed by atoms with Crippen LogP contribution in [0.5, 0.6) is 5.75 Å². The second kappa shape index (κ2) is 8.12. The fraction of sp³-hybridized carbons (Fsp3) is 0.261. The van der Waals surface area contributed by atoms with Gasteiger partial charge in [0.15, 0.2) is 5.65 Å². The van der Waals surface area contributed by atoms with Gasteiger partial charge >= 0.3 is 6.18 Å². The first-order chi connectivity index (χ1) is 16.1. The Hall–Kier alpha value is -3.40. The number of nitrogens with zero attached hydrogens (tertiary/aromatic N) is 4. The smallest absolute Gasteiger partial charge is 0.418 e. The Balaban J connectivity index is 1.51. The molecule has 0 saturated carbocycles. The summed E-state index contributed by atoms with van der Waals surface area (Å²) in [5, 5.41) is 14.0. The zero-order valence-corrected chi connectivity index (χ0v) is 18.3. The number of aryl methyl sites for hydroxylation is 1. The lowest BCUT2D eigenvalue weighted by atomic mass is 10.0. The number of hydrogen-bond acceptors (Lipinski definition) is 5. The van der Waals surface area contributed by atoms with Gasteiger partial charge in [-0.15, -0.1) is 0 Å². The molecule has 2 heterocycles.